The highest BCUT2D eigenvalue weighted by atomic mass is 28.3. The lowest BCUT2D eigenvalue weighted by Gasteiger charge is -2.39. The predicted molar refractivity (Wildman–Crippen MR) is 164 cm³/mol. The van der Waals surface area contributed by atoms with E-state index in [9.17, 15) is 4.79 Å². The summed E-state index contributed by atoms with van der Waals surface area (Å²) >= 11 is 0. The van der Waals surface area contributed by atoms with Gasteiger partial charge in [0.15, 0.2) is 19.3 Å². The number of pyridine rings is 1. The Morgan fingerprint density at radius 2 is 1.33 bits per heavy atom. The second kappa shape index (κ2) is 12.0. The van der Waals surface area contributed by atoms with Crippen molar-refractivity contribution in [2.75, 3.05) is 10.6 Å². The number of aromatic nitrogens is 2. The Morgan fingerprint density at radius 1 is 0.718 bits per heavy atom. The number of oxazole rings is 1. The third-order valence-corrected chi connectivity index (χ3v) is 14.5. The van der Waals surface area contributed by atoms with Crippen LogP contribution in [-0.4, -0.2) is 30.0 Å². The summed E-state index contributed by atoms with van der Waals surface area (Å²) in [4.78, 5) is 22.0. The first-order valence-corrected chi connectivity index (χ1v) is 16.0. The van der Waals surface area contributed by atoms with Crippen LogP contribution in [0.2, 0.25) is 16.6 Å². The lowest BCUT2D eigenvalue weighted by molar-refractivity contribution is -0.116. The van der Waals surface area contributed by atoms with Gasteiger partial charge >= 0.3 is 0 Å². The van der Waals surface area contributed by atoms with Crippen LogP contribution in [0.1, 0.15) is 48.5 Å². The molecule has 0 saturated carbocycles. The highest BCUT2D eigenvalue weighted by molar-refractivity contribution is 6.93. The second-order valence-corrected chi connectivity index (χ2v) is 16.9. The normalized spacial score (nSPS) is 12.7. The van der Waals surface area contributed by atoms with E-state index in [1.54, 1.807) is 6.20 Å². The van der Waals surface area contributed by atoms with Crippen LogP contribution in [0.15, 0.2) is 83.5 Å². The summed E-state index contributed by atoms with van der Waals surface area (Å²) < 4.78 is 6.44. The molecule has 7 heteroatoms. The van der Waals surface area contributed by atoms with Gasteiger partial charge in [0.05, 0.1) is 6.20 Å². The third kappa shape index (κ3) is 5.98. The molecule has 0 bridgehead atoms. The van der Waals surface area contributed by atoms with Crippen LogP contribution < -0.4 is 16.1 Å². The number of anilines is 2. The number of carbonyl (C=O) groups excluding carboxylic acids is 1. The van der Waals surface area contributed by atoms with Crippen LogP contribution in [-0.2, 0) is 4.79 Å². The summed E-state index contributed by atoms with van der Waals surface area (Å²) in [5, 5.41) is 6.16. The minimum atomic E-state index is -1.95. The maximum Gasteiger partial charge on any atom is 0.247 e. The average molecular weight is 541 g/mol. The molecule has 0 aliphatic carbocycles. The zero-order valence-electron chi connectivity index (χ0n) is 24.0. The topological polar surface area (TPSA) is 80.0 Å². The monoisotopic (exact) mass is 540 g/mol. The van der Waals surface area contributed by atoms with Gasteiger partial charge < -0.3 is 15.1 Å². The van der Waals surface area contributed by atoms with Crippen molar-refractivity contribution >= 4 is 31.0 Å². The number of hydrogen-bond acceptors (Lipinski definition) is 5. The average Bonchev–Trinajstić information content (AvgIpc) is 3.40. The van der Waals surface area contributed by atoms with Gasteiger partial charge in [-0.1, -0.05) is 71.9 Å². The molecule has 1 unspecified atom stereocenters. The molecule has 0 radical (unpaired) electrons. The van der Waals surface area contributed by atoms with Crippen LogP contribution in [0.25, 0.3) is 22.5 Å². The van der Waals surface area contributed by atoms with Gasteiger partial charge in [-0.15, -0.1) is 0 Å². The fourth-order valence-electron chi connectivity index (χ4n) is 5.90. The molecule has 2 aromatic heterocycles. The zero-order valence-corrected chi connectivity index (χ0v) is 25.0. The molecule has 2 heterocycles. The SMILES string of the molecule is CC(Nc1ccc(-c2cnc([Si](C(C)C)(C(C)C)C(C)C)o2)cc1)C(=O)Nc1ccc(-c2ccccc2)cn1. The summed E-state index contributed by atoms with van der Waals surface area (Å²) in [7, 11) is -1.95. The van der Waals surface area contributed by atoms with Crippen molar-refractivity contribution in [2.24, 2.45) is 0 Å². The molecule has 0 aliphatic rings. The van der Waals surface area contributed by atoms with E-state index >= 15 is 0 Å². The molecule has 0 saturated heterocycles. The number of nitrogens with zero attached hydrogens (tertiary/aromatic N) is 2. The van der Waals surface area contributed by atoms with Crippen molar-refractivity contribution in [3.05, 3.63) is 79.1 Å². The maximum absolute atomic E-state index is 12.8. The zero-order chi connectivity index (χ0) is 28.2. The minimum absolute atomic E-state index is 0.156. The van der Waals surface area contributed by atoms with Crippen molar-refractivity contribution < 1.29 is 9.21 Å². The molecule has 0 fully saturated rings. The number of amides is 1. The van der Waals surface area contributed by atoms with Gasteiger partial charge in [0.1, 0.15) is 11.9 Å². The third-order valence-electron chi connectivity index (χ3n) is 7.81. The standard InChI is InChI=1S/C32H40N4O2Si/c1-21(2)39(22(3)4,23(5)6)32-34-20-29(38-32)26-13-16-28(17-14-26)35-24(7)31(37)36-30-18-15-27(19-33-30)25-11-9-8-10-12-25/h8-24,35H,1-7H3,(H,33,36,37). The van der Waals surface area contributed by atoms with E-state index < -0.39 is 14.1 Å². The molecule has 4 rings (SSSR count). The van der Waals surface area contributed by atoms with E-state index in [0.717, 1.165) is 33.7 Å². The molecular weight excluding hydrogens is 500 g/mol. The Bertz CT molecular complexity index is 1340. The molecule has 1 atom stereocenters. The number of hydrogen-bond donors (Lipinski definition) is 2. The van der Waals surface area contributed by atoms with Gasteiger partial charge in [-0.05, 0) is 65.5 Å². The quantitative estimate of drug-likeness (QED) is 0.201. The van der Waals surface area contributed by atoms with Gasteiger partial charge in [0.25, 0.3) is 0 Å². The van der Waals surface area contributed by atoms with E-state index in [-0.39, 0.29) is 5.91 Å². The molecule has 6 nitrogen and oxygen atoms in total. The predicted octanol–water partition coefficient (Wildman–Crippen LogP) is 7.73. The molecular formula is C32H40N4O2Si. The summed E-state index contributed by atoms with van der Waals surface area (Å²) in [6.07, 6.45) is 3.63. The molecule has 0 aliphatic heterocycles. The van der Waals surface area contributed by atoms with Crippen molar-refractivity contribution in [3.8, 4) is 22.5 Å². The Morgan fingerprint density at radius 3 is 1.90 bits per heavy atom. The van der Waals surface area contributed by atoms with Gasteiger partial charge in [-0.2, -0.15) is 0 Å². The molecule has 2 aromatic carbocycles. The van der Waals surface area contributed by atoms with Gasteiger partial charge in [-0.25, -0.2) is 9.97 Å². The summed E-state index contributed by atoms with van der Waals surface area (Å²) in [6.45, 7) is 15.7. The Hall–Kier alpha value is -3.71. The van der Waals surface area contributed by atoms with Crippen LogP contribution in [0.5, 0.6) is 0 Å². The molecule has 39 heavy (non-hydrogen) atoms. The van der Waals surface area contributed by atoms with Crippen LogP contribution >= 0.6 is 0 Å². The number of carbonyl (C=O) groups is 1. The fourth-order valence-corrected chi connectivity index (χ4v) is 12.0. The van der Waals surface area contributed by atoms with Crippen molar-refractivity contribution in [2.45, 2.75) is 71.1 Å². The Balaban J connectivity index is 1.40. The van der Waals surface area contributed by atoms with Crippen molar-refractivity contribution in [1.29, 1.82) is 0 Å². The van der Waals surface area contributed by atoms with Gasteiger partial charge in [0.2, 0.25) is 5.91 Å². The number of nitrogens with one attached hydrogen (secondary N) is 2. The van der Waals surface area contributed by atoms with Crippen molar-refractivity contribution in [3.63, 3.8) is 0 Å². The van der Waals surface area contributed by atoms with E-state index in [1.165, 1.54) is 0 Å². The van der Waals surface area contributed by atoms with Crippen LogP contribution in [0.3, 0.4) is 0 Å². The lowest BCUT2D eigenvalue weighted by Crippen LogP contribution is -2.56. The van der Waals surface area contributed by atoms with Crippen LogP contribution in [0.4, 0.5) is 11.5 Å². The highest BCUT2D eigenvalue weighted by Gasteiger charge is 2.49. The van der Waals surface area contributed by atoms with Crippen molar-refractivity contribution in [1.82, 2.24) is 9.97 Å². The molecule has 2 N–H and O–H groups in total. The summed E-state index contributed by atoms with van der Waals surface area (Å²) in [5.41, 5.74) is 6.44. The molecule has 1 amide bonds. The Kier molecular flexibility index (Phi) is 8.70. The van der Waals surface area contributed by atoms with Gasteiger partial charge in [0, 0.05) is 23.0 Å². The fraction of sp³-hybridized carbons (Fsp3) is 0.344. The molecule has 0 spiro atoms. The summed E-state index contributed by atoms with van der Waals surface area (Å²) in [6, 6.07) is 21.3. The second-order valence-electron chi connectivity index (χ2n) is 11.2. The molecule has 204 valence electrons. The van der Waals surface area contributed by atoms with Gasteiger partial charge in [-0.3, -0.25) is 4.79 Å². The smallest absolute Gasteiger partial charge is 0.247 e. The first-order valence-electron chi connectivity index (χ1n) is 13.8. The highest BCUT2D eigenvalue weighted by Crippen LogP contribution is 2.41. The first kappa shape index (κ1) is 28.3. The van der Waals surface area contributed by atoms with Crippen LogP contribution in [0, 0.1) is 0 Å². The largest absolute Gasteiger partial charge is 0.446 e. The van der Waals surface area contributed by atoms with E-state index in [4.69, 9.17) is 9.40 Å². The lowest BCUT2D eigenvalue weighted by atomic mass is 10.1. The van der Waals surface area contributed by atoms with E-state index in [0.29, 0.717) is 22.4 Å². The minimum Gasteiger partial charge on any atom is -0.446 e. The first-order chi connectivity index (χ1) is 18.6. The summed E-state index contributed by atoms with van der Waals surface area (Å²) in [5.74, 6) is 1.15. The van der Waals surface area contributed by atoms with E-state index in [2.05, 4.69) is 57.2 Å². The Labute approximate surface area is 233 Å². The van der Waals surface area contributed by atoms with E-state index in [1.807, 2.05) is 79.9 Å². The maximum atomic E-state index is 12.8. The molecule has 4 aromatic rings. The number of benzene rings is 2. The number of rotatable bonds is 10.